The second-order valence-corrected chi connectivity index (χ2v) is 5.21. The van der Waals surface area contributed by atoms with Gasteiger partial charge < -0.3 is 10.0 Å². The van der Waals surface area contributed by atoms with Gasteiger partial charge in [0.25, 0.3) is 0 Å². The Morgan fingerprint density at radius 3 is 2.80 bits per heavy atom. The maximum Gasteiger partial charge on any atom is 0.356 e. The van der Waals surface area contributed by atoms with Crippen molar-refractivity contribution in [1.82, 2.24) is 9.78 Å². The molecule has 20 heavy (non-hydrogen) atoms. The summed E-state index contributed by atoms with van der Waals surface area (Å²) in [7, 11) is 3.86. The van der Waals surface area contributed by atoms with Crippen LogP contribution in [0.4, 0.5) is 5.69 Å². The van der Waals surface area contributed by atoms with Gasteiger partial charge in [-0.15, -0.1) is 0 Å². The van der Waals surface area contributed by atoms with Crippen molar-refractivity contribution in [3.8, 4) is 11.3 Å². The first kappa shape index (κ1) is 12.7. The zero-order chi connectivity index (χ0) is 14.3. The first-order valence-corrected chi connectivity index (χ1v) is 6.68. The Morgan fingerprint density at radius 1 is 1.30 bits per heavy atom. The number of hydrogen-bond acceptors (Lipinski definition) is 3. The summed E-state index contributed by atoms with van der Waals surface area (Å²) < 4.78 is 1.62. The average molecular weight is 271 g/mol. The van der Waals surface area contributed by atoms with Crippen LogP contribution in [0.3, 0.4) is 0 Å². The van der Waals surface area contributed by atoms with E-state index in [1.165, 1.54) is 17.7 Å². The van der Waals surface area contributed by atoms with Crippen LogP contribution >= 0.6 is 0 Å². The summed E-state index contributed by atoms with van der Waals surface area (Å²) >= 11 is 0. The minimum atomic E-state index is -0.998. The second-order valence-electron chi connectivity index (χ2n) is 5.21. The van der Waals surface area contributed by atoms with Crippen molar-refractivity contribution in [2.75, 3.05) is 18.5 Å². The molecular weight excluding hydrogens is 254 g/mol. The highest BCUT2D eigenvalue weighted by Crippen LogP contribution is 2.31. The second kappa shape index (κ2) is 4.67. The van der Waals surface area contributed by atoms with Crippen LogP contribution in [-0.2, 0) is 13.5 Å². The van der Waals surface area contributed by atoms with E-state index >= 15 is 0 Å². The highest BCUT2D eigenvalue weighted by Gasteiger charge is 2.17. The molecule has 1 aromatic heterocycles. The number of carbonyl (C=O) groups is 1. The minimum Gasteiger partial charge on any atom is -0.476 e. The van der Waals surface area contributed by atoms with E-state index < -0.39 is 5.97 Å². The topological polar surface area (TPSA) is 58.4 Å². The predicted octanol–water partition coefficient (Wildman–Crippen LogP) is 2.17. The van der Waals surface area contributed by atoms with Gasteiger partial charge in [-0.1, -0.05) is 12.1 Å². The summed E-state index contributed by atoms with van der Waals surface area (Å²) in [6.45, 7) is 1.06. The van der Waals surface area contributed by atoms with Crippen LogP contribution in [0.5, 0.6) is 0 Å². The molecule has 0 radical (unpaired) electrons. The van der Waals surface area contributed by atoms with Gasteiger partial charge >= 0.3 is 5.97 Å². The van der Waals surface area contributed by atoms with Gasteiger partial charge in [-0.05, 0) is 30.5 Å². The Labute approximate surface area is 117 Å². The number of aromatic carboxylic acids is 1. The van der Waals surface area contributed by atoms with Gasteiger partial charge in [0.15, 0.2) is 5.69 Å². The molecule has 1 aliphatic rings. The molecule has 0 saturated carbocycles. The molecule has 0 aliphatic carbocycles. The third-order valence-corrected chi connectivity index (χ3v) is 3.83. The SMILES string of the molecule is CN1CCCc2ccc(-c3cc(C(=O)O)nn3C)cc21. The molecule has 2 aromatic rings. The molecule has 0 bridgehead atoms. The number of benzene rings is 1. The Hall–Kier alpha value is -2.30. The normalized spacial score (nSPS) is 14.2. The lowest BCUT2D eigenvalue weighted by atomic mass is 9.99. The van der Waals surface area contributed by atoms with E-state index in [0.717, 1.165) is 24.2 Å². The molecule has 0 saturated heterocycles. The predicted molar refractivity (Wildman–Crippen MR) is 77.2 cm³/mol. The third-order valence-electron chi connectivity index (χ3n) is 3.83. The highest BCUT2D eigenvalue weighted by atomic mass is 16.4. The standard InChI is InChI=1S/C15H17N3O2/c1-17-7-3-4-10-5-6-11(8-13(10)17)14-9-12(15(19)20)16-18(14)2/h5-6,8-9H,3-4,7H2,1-2H3,(H,19,20). The van der Waals surface area contributed by atoms with E-state index in [2.05, 4.69) is 29.2 Å². The van der Waals surface area contributed by atoms with Gasteiger partial charge in [0.2, 0.25) is 0 Å². The van der Waals surface area contributed by atoms with E-state index in [1.807, 2.05) is 6.07 Å². The molecule has 1 aromatic carbocycles. The van der Waals surface area contributed by atoms with Crippen LogP contribution in [0.2, 0.25) is 0 Å². The molecule has 104 valence electrons. The molecule has 0 spiro atoms. The fourth-order valence-corrected chi connectivity index (χ4v) is 2.76. The first-order chi connectivity index (χ1) is 9.56. The zero-order valence-electron chi connectivity index (χ0n) is 11.6. The Bertz CT molecular complexity index is 676. The monoisotopic (exact) mass is 271 g/mol. The number of fused-ring (bicyclic) bond motifs is 1. The number of carboxylic acid groups (broad SMARTS) is 1. The smallest absolute Gasteiger partial charge is 0.356 e. The summed E-state index contributed by atoms with van der Waals surface area (Å²) in [4.78, 5) is 13.2. The lowest BCUT2D eigenvalue weighted by molar-refractivity contribution is 0.0689. The van der Waals surface area contributed by atoms with Crippen molar-refractivity contribution in [1.29, 1.82) is 0 Å². The maximum absolute atomic E-state index is 11.0. The highest BCUT2D eigenvalue weighted by molar-refractivity contribution is 5.87. The summed E-state index contributed by atoms with van der Waals surface area (Å²) in [6, 6.07) is 7.92. The maximum atomic E-state index is 11.0. The number of nitrogens with zero attached hydrogens (tertiary/aromatic N) is 3. The van der Waals surface area contributed by atoms with Crippen molar-refractivity contribution in [2.45, 2.75) is 12.8 Å². The molecule has 1 N–H and O–H groups in total. The van der Waals surface area contributed by atoms with Crippen LogP contribution in [-0.4, -0.2) is 34.4 Å². The number of aromatic nitrogens is 2. The van der Waals surface area contributed by atoms with Crippen molar-refractivity contribution in [3.63, 3.8) is 0 Å². The van der Waals surface area contributed by atoms with E-state index in [4.69, 9.17) is 5.11 Å². The van der Waals surface area contributed by atoms with E-state index in [9.17, 15) is 4.79 Å². The van der Waals surface area contributed by atoms with E-state index in [1.54, 1.807) is 17.8 Å². The van der Waals surface area contributed by atoms with Crippen LogP contribution < -0.4 is 4.90 Å². The number of aryl methyl sites for hydroxylation is 2. The Morgan fingerprint density at radius 2 is 2.10 bits per heavy atom. The van der Waals surface area contributed by atoms with Crippen molar-refractivity contribution in [3.05, 3.63) is 35.5 Å². The lowest BCUT2D eigenvalue weighted by Crippen LogP contribution is -2.24. The lowest BCUT2D eigenvalue weighted by Gasteiger charge is -2.28. The van der Waals surface area contributed by atoms with Gasteiger partial charge in [0.05, 0.1) is 5.69 Å². The van der Waals surface area contributed by atoms with Crippen LogP contribution in [0, 0.1) is 0 Å². The van der Waals surface area contributed by atoms with Gasteiger partial charge in [0.1, 0.15) is 0 Å². The summed E-state index contributed by atoms with van der Waals surface area (Å²) in [5.74, 6) is -0.998. The molecule has 5 nitrogen and oxygen atoms in total. The molecule has 0 unspecified atom stereocenters. The Kier molecular flexibility index (Phi) is 2.97. The number of rotatable bonds is 2. The summed E-state index contributed by atoms with van der Waals surface area (Å²) in [5.41, 5.74) is 4.48. The third kappa shape index (κ3) is 2.05. The number of hydrogen-bond donors (Lipinski definition) is 1. The van der Waals surface area contributed by atoms with E-state index in [0.29, 0.717) is 0 Å². The van der Waals surface area contributed by atoms with Gasteiger partial charge in [-0.3, -0.25) is 4.68 Å². The van der Waals surface area contributed by atoms with Gasteiger partial charge in [-0.25, -0.2) is 4.79 Å². The molecule has 3 rings (SSSR count). The quantitative estimate of drug-likeness (QED) is 0.909. The molecule has 0 amide bonds. The summed E-state index contributed by atoms with van der Waals surface area (Å²) in [6.07, 6.45) is 2.28. The molecule has 2 heterocycles. The minimum absolute atomic E-state index is 0.0774. The fourth-order valence-electron chi connectivity index (χ4n) is 2.76. The van der Waals surface area contributed by atoms with Crippen molar-refractivity contribution in [2.24, 2.45) is 7.05 Å². The first-order valence-electron chi connectivity index (χ1n) is 6.68. The van der Waals surface area contributed by atoms with Crippen LogP contribution in [0.25, 0.3) is 11.3 Å². The van der Waals surface area contributed by atoms with Crippen molar-refractivity contribution >= 4 is 11.7 Å². The van der Waals surface area contributed by atoms with Crippen LogP contribution in [0.1, 0.15) is 22.5 Å². The van der Waals surface area contributed by atoms with E-state index in [-0.39, 0.29) is 5.69 Å². The molecule has 0 atom stereocenters. The van der Waals surface area contributed by atoms with Crippen molar-refractivity contribution < 1.29 is 9.90 Å². The largest absolute Gasteiger partial charge is 0.476 e. The zero-order valence-corrected chi connectivity index (χ0v) is 11.6. The average Bonchev–Trinajstić information content (AvgIpc) is 2.81. The Balaban J connectivity index is 2.07. The number of anilines is 1. The van der Waals surface area contributed by atoms with Crippen LogP contribution in [0.15, 0.2) is 24.3 Å². The molecule has 0 fully saturated rings. The van der Waals surface area contributed by atoms with Gasteiger partial charge in [0, 0.05) is 31.9 Å². The molecule has 1 aliphatic heterocycles. The number of carboxylic acids is 1. The van der Waals surface area contributed by atoms with Gasteiger partial charge in [-0.2, -0.15) is 5.10 Å². The summed E-state index contributed by atoms with van der Waals surface area (Å²) in [5, 5.41) is 13.0. The fraction of sp³-hybridized carbons (Fsp3) is 0.333. The molecular formula is C15H17N3O2. The molecule has 5 heteroatoms.